The maximum Gasteiger partial charge on any atom is 0.404 e. The molecule has 3 heterocycles. The number of fused-ring (bicyclic) bond motifs is 1. The molecular formula is C25H26ClN7O2. The second-order valence-electron chi connectivity index (χ2n) is 8.64. The lowest BCUT2D eigenvalue weighted by molar-refractivity contribution is 0.185. The first-order valence-electron chi connectivity index (χ1n) is 11.6. The topological polar surface area (TPSA) is 116 Å². The Balaban J connectivity index is 1.29. The first kappa shape index (κ1) is 22.9. The molecule has 0 aliphatic heterocycles. The summed E-state index contributed by atoms with van der Waals surface area (Å²) in [5.74, 6) is 1.48. The van der Waals surface area contributed by atoms with Gasteiger partial charge in [0.25, 0.3) is 0 Å². The van der Waals surface area contributed by atoms with E-state index in [0.717, 1.165) is 54.1 Å². The largest absolute Gasteiger partial charge is 0.465 e. The standard InChI is InChI=1S/C25H26ClN7O2/c26-17-6-4-16(5-7-17)14-28-22-3-1-2-20(32-22)21-15-29-24-23(27-12-13-33(21)24)30-18-8-10-19(11-9-18)31-25(34)35/h1-7,12-13,15,18-19,31H,8-11,14H2,(H,27,30)(H,28,32)(H,34,35)/t18-,19-. The highest BCUT2D eigenvalue weighted by Crippen LogP contribution is 2.26. The molecule has 9 nitrogen and oxygen atoms in total. The van der Waals surface area contributed by atoms with Crippen LogP contribution in [0.4, 0.5) is 16.4 Å². The van der Waals surface area contributed by atoms with Crippen molar-refractivity contribution in [2.24, 2.45) is 0 Å². The Kier molecular flexibility index (Phi) is 6.67. The molecule has 35 heavy (non-hydrogen) atoms. The minimum atomic E-state index is -0.962. The number of hydrogen-bond acceptors (Lipinski definition) is 6. The molecule has 0 unspecified atom stereocenters. The Hall–Kier alpha value is -3.85. The highest BCUT2D eigenvalue weighted by atomic mass is 35.5. The van der Waals surface area contributed by atoms with Crippen LogP contribution in [0.2, 0.25) is 5.02 Å². The van der Waals surface area contributed by atoms with Crippen molar-refractivity contribution in [1.82, 2.24) is 24.7 Å². The van der Waals surface area contributed by atoms with Gasteiger partial charge in [0.15, 0.2) is 11.5 Å². The molecule has 5 rings (SSSR count). The van der Waals surface area contributed by atoms with E-state index in [-0.39, 0.29) is 12.1 Å². The molecule has 180 valence electrons. The molecule has 4 aromatic rings. The number of aromatic nitrogens is 4. The summed E-state index contributed by atoms with van der Waals surface area (Å²) < 4.78 is 1.98. The number of nitrogens with zero attached hydrogens (tertiary/aromatic N) is 4. The first-order chi connectivity index (χ1) is 17.0. The number of carbonyl (C=O) groups is 1. The van der Waals surface area contributed by atoms with E-state index in [1.165, 1.54) is 0 Å². The molecule has 0 radical (unpaired) electrons. The fourth-order valence-electron chi connectivity index (χ4n) is 4.43. The van der Waals surface area contributed by atoms with Gasteiger partial charge in [0.1, 0.15) is 5.82 Å². The molecule has 0 atom stereocenters. The normalized spacial score (nSPS) is 17.7. The van der Waals surface area contributed by atoms with E-state index >= 15 is 0 Å². The highest BCUT2D eigenvalue weighted by Gasteiger charge is 2.23. The summed E-state index contributed by atoms with van der Waals surface area (Å²) in [6, 6.07) is 13.8. The number of pyridine rings is 1. The van der Waals surface area contributed by atoms with Crippen molar-refractivity contribution in [3.8, 4) is 11.4 Å². The molecule has 1 aromatic carbocycles. The predicted molar refractivity (Wildman–Crippen MR) is 136 cm³/mol. The smallest absolute Gasteiger partial charge is 0.404 e. The Labute approximate surface area is 207 Å². The number of carboxylic acid groups (broad SMARTS) is 1. The average Bonchev–Trinajstić information content (AvgIpc) is 3.30. The molecule has 1 amide bonds. The van der Waals surface area contributed by atoms with Crippen LogP contribution in [-0.2, 0) is 6.54 Å². The van der Waals surface area contributed by atoms with Crippen LogP contribution in [0.5, 0.6) is 0 Å². The van der Waals surface area contributed by atoms with E-state index in [4.69, 9.17) is 21.7 Å². The molecule has 0 saturated heterocycles. The summed E-state index contributed by atoms with van der Waals surface area (Å²) in [6.07, 6.45) is 7.80. The van der Waals surface area contributed by atoms with Crippen LogP contribution in [0.15, 0.2) is 61.1 Å². The third kappa shape index (κ3) is 5.46. The fourth-order valence-corrected chi connectivity index (χ4v) is 4.56. The minimum Gasteiger partial charge on any atom is -0.465 e. The zero-order valence-corrected chi connectivity index (χ0v) is 19.7. The van der Waals surface area contributed by atoms with Gasteiger partial charge >= 0.3 is 6.09 Å². The zero-order valence-electron chi connectivity index (χ0n) is 19.0. The van der Waals surface area contributed by atoms with Gasteiger partial charge in [-0.3, -0.25) is 4.40 Å². The number of rotatable bonds is 7. The summed E-state index contributed by atoms with van der Waals surface area (Å²) in [4.78, 5) is 24.8. The summed E-state index contributed by atoms with van der Waals surface area (Å²) in [6.45, 7) is 0.642. The lowest BCUT2D eigenvalue weighted by Gasteiger charge is -2.29. The number of amides is 1. The second kappa shape index (κ2) is 10.2. The van der Waals surface area contributed by atoms with Crippen molar-refractivity contribution >= 4 is 35.0 Å². The van der Waals surface area contributed by atoms with Gasteiger partial charge in [-0.2, -0.15) is 0 Å². The third-order valence-electron chi connectivity index (χ3n) is 6.22. The van der Waals surface area contributed by atoms with Crippen molar-refractivity contribution in [1.29, 1.82) is 0 Å². The SMILES string of the molecule is O=C(O)N[C@H]1CC[C@H](Nc2nccn3c(-c4cccc(NCc5ccc(Cl)cc5)n4)cnc23)CC1. The third-order valence-corrected chi connectivity index (χ3v) is 6.47. The van der Waals surface area contributed by atoms with E-state index < -0.39 is 6.09 Å². The van der Waals surface area contributed by atoms with Gasteiger partial charge in [0.2, 0.25) is 0 Å². The first-order valence-corrected chi connectivity index (χ1v) is 12.0. The monoisotopic (exact) mass is 491 g/mol. The van der Waals surface area contributed by atoms with Crippen LogP contribution < -0.4 is 16.0 Å². The summed E-state index contributed by atoms with van der Waals surface area (Å²) in [5.41, 5.74) is 3.52. The lowest BCUT2D eigenvalue weighted by atomic mass is 9.91. The molecular weight excluding hydrogens is 466 g/mol. The summed E-state index contributed by atoms with van der Waals surface area (Å²) in [7, 11) is 0. The Morgan fingerprint density at radius 2 is 1.83 bits per heavy atom. The van der Waals surface area contributed by atoms with Crippen molar-refractivity contribution < 1.29 is 9.90 Å². The van der Waals surface area contributed by atoms with E-state index in [1.54, 1.807) is 12.4 Å². The van der Waals surface area contributed by atoms with Crippen molar-refractivity contribution in [2.45, 2.75) is 44.3 Å². The van der Waals surface area contributed by atoms with E-state index in [9.17, 15) is 4.79 Å². The van der Waals surface area contributed by atoms with Gasteiger partial charge in [-0.05, 0) is 55.5 Å². The molecule has 0 spiro atoms. The van der Waals surface area contributed by atoms with E-state index in [1.807, 2.05) is 53.1 Å². The summed E-state index contributed by atoms with van der Waals surface area (Å²) >= 11 is 5.97. The number of halogens is 1. The van der Waals surface area contributed by atoms with Crippen molar-refractivity contribution in [3.05, 3.63) is 71.6 Å². The Bertz CT molecular complexity index is 1320. The quantitative estimate of drug-likeness (QED) is 0.286. The predicted octanol–water partition coefficient (Wildman–Crippen LogP) is 5.05. The molecule has 0 bridgehead atoms. The fraction of sp³-hybridized carbons (Fsp3) is 0.280. The molecule has 1 aliphatic rings. The molecule has 10 heteroatoms. The van der Waals surface area contributed by atoms with Crippen LogP contribution in [0.25, 0.3) is 17.0 Å². The Morgan fingerprint density at radius 3 is 2.60 bits per heavy atom. The van der Waals surface area contributed by atoms with Gasteiger partial charge in [-0.1, -0.05) is 29.8 Å². The van der Waals surface area contributed by atoms with Crippen molar-refractivity contribution in [3.63, 3.8) is 0 Å². The van der Waals surface area contributed by atoms with Gasteiger partial charge in [-0.15, -0.1) is 0 Å². The average molecular weight is 492 g/mol. The minimum absolute atomic E-state index is 0.0129. The van der Waals surface area contributed by atoms with Gasteiger partial charge in [0, 0.05) is 36.0 Å². The molecule has 3 aromatic heterocycles. The number of hydrogen-bond donors (Lipinski definition) is 4. The number of benzene rings is 1. The van der Waals surface area contributed by atoms with Crippen LogP contribution in [0, 0.1) is 0 Å². The molecule has 1 aliphatic carbocycles. The Morgan fingerprint density at radius 1 is 1.06 bits per heavy atom. The number of nitrogens with one attached hydrogen (secondary N) is 3. The van der Waals surface area contributed by atoms with Crippen LogP contribution >= 0.6 is 11.6 Å². The maximum absolute atomic E-state index is 10.9. The molecule has 4 N–H and O–H groups in total. The van der Waals surface area contributed by atoms with Gasteiger partial charge in [-0.25, -0.2) is 19.7 Å². The summed E-state index contributed by atoms with van der Waals surface area (Å²) in [5, 5.41) is 19.1. The van der Waals surface area contributed by atoms with Crippen LogP contribution in [0.3, 0.4) is 0 Å². The van der Waals surface area contributed by atoms with E-state index in [2.05, 4.69) is 25.9 Å². The van der Waals surface area contributed by atoms with Crippen LogP contribution in [-0.4, -0.2) is 42.6 Å². The van der Waals surface area contributed by atoms with Crippen molar-refractivity contribution in [2.75, 3.05) is 10.6 Å². The number of imidazole rings is 1. The van der Waals surface area contributed by atoms with Crippen LogP contribution in [0.1, 0.15) is 31.2 Å². The van der Waals surface area contributed by atoms with Gasteiger partial charge in [0.05, 0.1) is 17.6 Å². The highest BCUT2D eigenvalue weighted by molar-refractivity contribution is 6.30. The lowest BCUT2D eigenvalue weighted by Crippen LogP contribution is -2.39. The number of anilines is 2. The molecule has 1 fully saturated rings. The molecule has 1 saturated carbocycles. The van der Waals surface area contributed by atoms with Gasteiger partial charge < -0.3 is 21.1 Å². The zero-order chi connectivity index (χ0) is 24.2. The second-order valence-corrected chi connectivity index (χ2v) is 9.08. The maximum atomic E-state index is 10.9. The van der Waals surface area contributed by atoms with E-state index in [0.29, 0.717) is 17.4 Å².